The third-order valence-electron chi connectivity index (χ3n) is 3.02. The van der Waals surface area contributed by atoms with Gasteiger partial charge in [0.2, 0.25) is 0 Å². The Hall–Kier alpha value is -0.340. The summed E-state index contributed by atoms with van der Waals surface area (Å²) < 4.78 is 57.5. The zero-order chi connectivity index (χ0) is 15.1. The van der Waals surface area contributed by atoms with Crippen molar-refractivity contribution in [1.29, 1.82) is 0 Å². The van der Waals surface area contributed by atoms with Crippen molar-refractivity contribution in [2.24, 2.45) is 0 Å². The van der Waals surface area contributed by atoms with E-state index in [0.29, 0.717) is 0 Å². The van der Waals surface area contributed by atoms with Crippen LogP contribution in [-0.2, 0) is 10.1 Å². The van der Waals surface area contributed by atoms with Crippen molar-refractivity contribution in [1.82, 2.24) is 4.90 Å². The summed E-state index contributed by atoms with van der Waals surface area (Å²) in [5, 5.41) is 0. The highest BCUT2D eigenvalue weighted by Crippen LogP contribution is 2.20. The molecule has 0 aromatic rings. The molecule has 1 fully saturated rings. The summed E-state index contributed by atoms with van der Waals surface area (Å²) in [7, 11) is -5.84. The van der Waals surface area contributed by atoms with Crippen LogP contribution in [0.25, 0.3) is 0 Å². The van der Waals surface area contributed by atoms with E-state index in [0.717, 1.165) is 6.04 Å². The second-order valence-electron chi connectivity index (χ2n) is 4.51. The summed E-state index contributed by atoms with van der Waals surface area (Å²) in [6, 6.07) is 0.906. The van der Waals surface area contributed by atoms with E-state index in [4.69, 9.17) is 13.0 Å². The van der Waals surface area contributed by atoms with Crippen LogP contribution in [0.5, 0.6) is 0 Å². The number of nitrogens with zero attached hydrogens (tertiary/aromatic N) is 1. The summed E-state index contributed by atoms with van der Waals surface area (Å²) in [6.45, 7) is 7.27. The minimum atomic E-state index is -5.84. The minimum Gasteiger partial charge on any atom is -0.300 e. The Labute approximate surface area is 112 Å². The topological polar surface area (TPSA) is 57.6 Å². The van der Waals surface area contributed by atoms with Crippen LogP contribution in [0.4, 0.5) is 13.2 Å². The molecule has 0 amide bonds. The van der Waals surface area contributed by atoms with Crippen molar-refractivity contribution >= 4 is 10.1 Å². The van der Waals surface area contributed by atoms with Gasteiger partial charge in [0.15, 0.2) is 0 Å². The predicted octanol–water partition coefficient (Wildman–Crippen LogP) is 3.05. The molecule has 4 nitrogen and oxygen atoms in total. The molecule has 0 spiro atoms. The molecule has 116 valence electrons. The molecule has 0 aromatic carbocycles. The molecule has 1 unspecified atom stereocenters. The molecular weight excluding hydrogens is 283 g/mol. The van der Waals surface area contributed by atoms with Gasteiger partial charge in [-0.1, -0.05) is 20.3 Å². The van der Waals surface area contributed by atoms with E-state index < -0.39 is 15.6 Å². The van der Waals surface area contributed by atoms with E-state index in [1.54, 1.807) is 0 Å². The minimum absolute atomic E-state index is 0.906. The van der Waals surface area contributed by atoms with Gasteiger partial charge in [0.05, 0.1) is 0 Å². The maximum Gasteiger partial charge on any atom is 0.522 e. The van der Waals surface area contributed by atoms with Crippen molar-refractivity contribution in [3.8, 4) is 0 Å². The third kappa shape index (κ3) is 7.12. The number of rotatable bonds is 3. The van der Waals surface area contributed by atoms with Crippen LogP contribution in [0.1, 0.15) is 46.0 Å². The van der Waals surface area contributed by atoms with Crippen molar-refractivity contribution in [3.05, 3.63) is 0 Å². The van der Waals surface area contributed by atoms with Crippen LogP contribution >= 0.6 is 0 Å². The van der Waals surface area contributed by atoms with Gasteiger partial charge < -0.3 is 4.90 Å². The highest BCUT2D eigenvalue weighted by Gasteiger charge is 2.44. The van der Waals surface area contributed by atoms with Crippen LogP contribution in [0.3, 0.4) is 0 Å². The van der Waals surface area contributed by atoms with Crippen molar-refractivity contribution in [2.75, 3.05) is 13.1 Å². The molecule has 19 heavy (non-hydrogen) atoms. The first-order valence-corrected chi connectivity index (χ1v) is 7.85. The van der Waals surface area contributed by atoms with Gasteiger partial charge in [-0.05, 0) is 38.8 Å². The lowest BCUT2D eigenvalue weighted by molar-refractivity contribution is -0.0510. The lowest BCUT2D eigenvalue weighted by Gasteiger charge is -2.34. The standard InChI is InChI=1S/C10H21N.CHF3O3S/c1-3-8-11-9-6-5-7-10(11)4-2;2-1(3,4)8(5,6)7/h10H,3-9H2,1-2H3;(H,5,6,7). The van der Waals surface area contributed by atoms with E-state index in [9.17, 15) is 13.2 Å². The molecule has 1 saturated heterocycles. The van der Waals surface area contributed by atoms with E-state index in [-0.39, 0.29) is 0 Å². The summed E-state index contributed by atoms with van der Waals surface area (Å²) in [5.41, 5.74) is -5.53. The lowest BCUT2D eigenvalue weighted by atomic mass is 10.00. The molecule has 0 aliphatic carbocycles. The highest BCUT2D eigenvalue weighted by molar-refractivity contribution is 7.86. The summed E-state index contributed by atoms with van der Waals surface area (Å²) >= 11 is 0. The van der Waals surface area contributed by atoms with Crippen LogP contribution in [0.15, 0.2) is 0 Å². The normalized spacial score (nSPS) is 21.7. The van der Waals surface area contributed by atoms with Crippen molar-refractivity contribution < 1.29 is 26.1 Å². The van der Waals surface area contributed by atoms with Gasteiger partial charge in [-0.25, -0.2) is 0 Å². The van der Waals surface area contributed by atoms with Crippen molar-refractivity contribution in [2.45, 2.75) is 57.5 Å². The maximum absolute atomic E-state index is 10.7. The van der Waals surface area contributed by atoms with E-state index in [1.807, 2.05) is 0 Å². The van der Waals surface area contributed by atoms with E-state index in [1.165, 1.54) is 45.2 Å². The molecule has 0 aromatic heterocycles. The van der Waals surface area contributed by atoms with Crippen LogP contribution in [0.2, 0.25) is 0 Å². The average molecular weight is 305 g/mol. The fourth-order valence-electron chi connectivity index (χ4n) is 2.10. The number of halogens is 3. The molecule has 0 radical (unpaired) electrons. The monoisotopic (exact) mass is 305 g/mol. The highest BCUT2D eigenvalue weighted by atomic mass is 32.2. The molecule has 8 heteroatoms. The Morgan fingerprint density at radius 3 is 2.16 bits per heavy atom. The van der Waals surface area contributed by atoms with Crippen LogP contribution in [-0.4, -0.2) is 42.5 Å². The maximum atomic E-state index is 10.7. The molecule has 0 bridgehead atoms. The average Bonchev–Trinajstić information content (AvgIpc) is 2.28. The third-order valence-corrected chi connectivity index (χ3v) is 3.61. The first-order valence-electron chi connectivity index (χ1n) is 6.41. The van der Waals surface area contributed by atoms with Gasteiger partial charge in [0.1, 0.15) is 0 Å². The fraction of sp³-hybridized carbons (Fsp3) is 1.00. The first kappa shape index (κ1) is 18.7. The van der Waals surface area contributed by atoms with Crippen LogP contribution in [0, 0.1) is 0 Å². The fourth-order valence-corrected chi connectivity index (χ4v) is 2.10. The largest absolute Gasteiger partial charge is 0.522 e. The smallest absolute Gasteiger partial charge is 0.300 e. The molecule has 1 heterocycles. The lowest BCUT2D eigenvalue weighted by Crippen LogP contribution is -2.39. The Morgan fingerprint density at radius 1 is 1.26 bits per heavy atom. The van der Waals surface area contributed by atoms with Gasteiger partial charge in [0, 0.05) is 6.04 Å². The van der Waals surface area contributed by atoms with Gasteiger partial charge in [-0.3, -0.25) is 4.55 Å². The molecule has 1 rings (SSSR count). The zero-order valence-corrected chi connectivity index (χ0v) is 12.1. The predicted molar refractivity (Wildman–Crippen MR) is 67.4 cm³/mol. The Balaban J connectivity index is 0.000000362. The van der Waals surface area contributed by atoms with Gasteiger partial charge in [-0.2, -0.15) is 21.6 Å². The Bertz CT molecular complexity index is 342. The number of hydrogen-bond acceptors (Lipinski definition) is 3. The number of alkyl halides is 3. The number of hydrogen-bond donors (Lipinski definition) is 1. The molecule has 0 saturated carbocycles. The molecule has 1 aliphatic rings. The SMILES string of the molecule is CCCN1CCCCC1CC.O=S(=O)(O)C(F)(F)F. The van der Waals surface area contributed by atoms with E-state index in [2.05, 4.69) is 18.7 Å². The van der Waals surface area contributed by atoms with Crippen molar-refractivity contribution in [3.63, 3.8) is 0 Å². The number of piperidine rings is 1. The van der Waals surface area contributed by atoms with Gasteiger partial charge in [-0.15, -0.1) is 0 Å². The summed E-state index contributed by atoms with van der Waals surface area (Å²) in [4.78, 5) is 2.67. The second-order valence-corrected chi connectivity index (χ2v) is 5.93. The zero-order valence-electron chi connectivity index (χ0n) is 11.3. The Morgan fingerprint density at radius 2 is 1.79 bits per heavy atom. The van der Waals surface area contributed by atoms with Gasteiger partial charge >= 0.3 is 15.6 Å². The van der Waals surface area contributed by atoms with E-state index >= 15 is 0 Å². The van der Waals surface area contributed by atoms with Crippen LogP contribution < -0.4 is 0 Å². The first-order chi connectivity index (χ1) is 8.63. The molecule has 1 atom stereocenters. The van der Waals surface area contributed by atoms with Gasteiger partial charge in [0.25, 0.3) is 0 Å². The molecule has 1 aliphatic heterocycles. The molecule has 1 N–H and O–H groups in total. The summed E-state index contributed by atoms with van der Waals surface area (Å²) in [6.07, 6.45) is 6.99. The summed E-state index contributed by atoms with van der Waals surface area (Å²) in [5.74, 6) is 0. The molecular formula is C11H22F3NO3S. The second kappa shape index (κ2) is 8.06. The Kier molecular flexibility index (Phi) is 7.92. The quantitative estimate of drug-likeness (QED) is 0.643. The number of likely N-dealkylation sites (tertiary alicyclic amines) is 1.